The number of hydrogen-bond acceptors (Lipinski definition) is 5. The van der Waals surface area contributed by atoms with Gasteiger partial charge in [-0.2, -0.15) is 0 Å². The molecular weight excluding hydrogens is 332 g/mol. The summed E-state index contributed by atoms with van der Waals surface area (Å²) < 4.78 is 11.4. The van der Waals surface area contributed by atoms with E-state index in [0.29, 0.717) is 19.6 Å². The van der Waals surface area contributed by atoms with E-state index in [1.165, 1.54) is 0 Å². The molecule has 2 amide bonds. The van der Waals surface area contributed by atoms with E-state index in [1.807, 2.05) is 37.1 Å². The minimum Gasteiger partial charge on any atom is -0.372 e. The van der Waals surface area contributed by atoms with Gasteiger partial charge >= 0.3 is 6.03 Å². The standard InChI is InChI=1S/C19H30N4O3/c1-13-9-22(10-14(2)25-13)18-6-5-17(7-20-18)8-21-19(24)23-11-15(3)26-16(4)12-23/h5-7,13-16H,8-12H2,1-4H3,(H,21,24). The first-order valence-corrected chi connectivity index (χ1v) is 9.44. The summed E-state index contributed by atoms with van der Waals surface area (Å²) in [7, 11) is 0. The Bertz CT molecular complexity index is 589. The fraction of sp³-hybridized carbons (Fsp3) is 0.684. The Morgan fingerprint density at radius 1 is 1.04 bits per heavy atom. The summed E-state index contributed by atoms with van der Waals surface area (Å²) in [6, 6.07) is 4.00. The molecule has 0 aromatic carbocycles. The lowest BCUT2D eigenvalue weighted by Gasteiger charge is -2.36. The number of morpholine rings is 2. The molecule has 1 aromatic heterocycles. The Kier molecular flexibility index (Phi) is 5.98. The molecule has 2 fully saturated rings. The lowest BCUT2D eigenvalue weighted by atomic mass is 10.2. The van der Waals surface area contributed by atoms with Crippen molar-refractivity contribution in [2.75, 3.05) is 31.1 Å². The van der Waals surface area contributed by atoms with Crippen molar-refractivity contribution in [3.63, 3.8) is 0 Å². The lowest BCUT2D eigenvalue weighted by molar-refractivity contribution is -0.0545. The van der Waals surface area contributed by atoms with Gasteiger partial charge in [0.15, 0.2) is 0 Å². The third-order valence-corrected chi connectivity index (χ3v) is 4.70. The van der Waals surface area contributed by atoms with Crippen LogP contribution in [-0.4, -0.2) is 66.5 Å². The summed E-state index contributed by atoms with van der Waals surface area (Å²) in [5, 5.41) is 2.98. The maximum absolute atomic E-state index is 12.4. The van der Waals surface area contributed by atoms with Gasteiger partial charge < -0.3 is 24.6 Å². The highest BCUT2D eigenvalue weighted by molar-refractivity contribution is 5.74. The number of nitrogens with zero attached hydrogens (tertiary/aromatic N) is 3. The lowest BCUT2D eigenvalue weighted by Crippen LogP contribution is -2.51. The van der Waals surface area contributed by atoms with Crippen LogP contribution in [-0.2, 0) is 16.0 Å². The van der Waals surface area contributed by atoms with Crippen LogP contribution in [0.2, 0.25) is 0 Å². The van der Waals surface area contributed by atoms with Crippen molar-refractivity contribution < 1.29 is 14.3 Å². The summed E-state index contributed by atoms with van der Waals surface area (Å²) in [5.74, 6) is 0.956. The number of anilines is 1. The zero-order valence-electron chi connectivity index (χ0n) is 16.1. The Labute approximate surface area is 155 Å². The third kappa shape index (κ3) is 4.86. The quantitative estimate of drug-likeness (QED) is 0.891. The smallest absolute Gasteiger partial charge is 0.317 e. The molecule has 0 saturated carbocycles. The van der Waals surface area contributed by atoms with Crippen molar-refractivity contribution >= 4 is 11.8 Å². The predicted octanol–water partition coefficient (Wildman–Crippen LogP) is 2.01. The summed E-state index contributed by atoms with van der Waals surface area (Å²) in [5.41, 5.74) is 0.991. The molecule has 7 heteroatoms. The van der Waals surface area contributed by atoms with Gasteiger partial charge in [0.1, 0.15) is 5.82 Å². The van der Waals surface area contributed by atoms with Crippen LogP contribution in [0.4, 0.5) is 10.6 Å². The summed E-state index contributed by atoms with van der Waals surface area (Å²) in [6.07, 6.45) is 2.40. The van der Waals surface area contributed by atoms with Crippen molar-refractivity contribution in [2.45, 2.75) is 58.7 Å². The fourth-order valence-corrected chi connectivity index (χ4v) is 3.71. The van der Waals surface area contributed by atoms with E-state index in [4.69, 9.17) is 9.47 Å². The second kappa shape index (κ2) is 8.22. The molecule has 4 unspecified atom stereocenters. The van der Waals surface area contributed by atoms with Crippen molar-refractivity contribution in [1.29, 1.82) is 0 Å². The van der Waals surface area contributed by atoms with E-state index in [9.17, 15) is 4.79 Å². The van der Waals surface area contributed by atoms with Crippen LogP contribution in [0.1, 0.15) is 33.3 Å². The zero-order valence-corrected chi connectivity index (χ0v) is 16.1. The molecule has 1 N–H and O–H groups in total. The average molecular weight is 362 g/mol. The number of carbonyl (C=O) groups excluding carboxylic acids is 1. The van der Waals surface area contributed by atoms with E-state index in [0.717, 1.165) is 24.5 Å². The van der Waals surface area contributed by atoms with Gasteiger partial charge in [-0.1, -0.05) is 6.07 Å². The first-order chi connectivity index (χ1) is 12.4. The number of ether oxygens (including phenoxy) is 2. The minimum absolute atomic E-state index is 0.0492. The molecule has 4 atom stereocenters. The second-order valence-electron chi connectivity index (χ2n) is 7.51. The van der Waals surface area contributed by atoms with Crippen LogP contribution in [0, 0.1) is 0 Å². The van der Waals surface area contributed by atoms with Crippen LogP contribution < -0.4 is 10.2 Å². The van der Waals surface area contributed by atoms with Crippen LogP contribution in [0.25, 0.3) is 0 Å². The number of amides is 2. The Morgan fingerprint density at radius 3 is 2.15 bits per heavy atom. The highest BCUT2D eigenvalue weighted by Crippen LogP contribution is 2.18. The predicted molar refractivity (Wildman–Crippen MR) is 100 cm³/mol. The highest BCUT2D eigenvalue weighted by Gasteiger charge is 2.26. The number of aromatic nitrogens is 1. The van der Waals surface area contributed by atoms with Gasteiger partial charge in [-0.15, -0.1) is 0 Å². The van der Waals surface area contributed by atoms with Gasteiger partial charge in [0, 0.05) is 38.9 Å². The first kappa shape index (κ1) is 18.9. The highest BCUT2D eigenvalue weighted by atomic mass is 16.5. The molecule has 7 nitrogen and oxygen atoms in total. The van der Waals surface area contributed by atoms with E-state index in [2.05, 4.69) is 29.0 Å². The number of carbonyl (C=O) groups is 1. The molecule has 2 aliphatic rings. The summed E-state index contributed by atoms with van der Waals surface area (Å²) in [4.78, 5) is 21.0. The number of rotatable bonds is 3. The van der Waals surface area contributed by atoms with E-state index in [-0.39, 0.29) is 30.4 Å². The third-order valence-electron chi connectivity index (χ3n) is 4.70. The van der Waals surface area contributed by atoms with Crippen molar-refractivity contribution in [1.82, 2.24) is 15.2 Å². The van der Waals surface area contributed by atoms with Crippen LogP contribution in [0.15, 0.2) is 18.3 Å². The molecule has 3 rings (SSSR count). The molecule has 26 heavy (non-hydrogen) atoms. The maximum Gasteiger partial charge on any atom is 0.317 e. The summed E-state index contributed by atoms with van der Waals surface area (Å²) >= 11 is 0. The van der Waals surface area contributed by atoms with Crippen molar-refractivity contribution in [3.8, 4) is 0 Å². The second-order valence-corrected chi connectivity index (χ2v) is 7.51. The van der Waals surface area contributed by atoms with Crippen LogP contribution >= 0.6 is 0 Å². The summed E-state index contributed by atoms with van der Waals surface area (Å²) in [6.45, 7) is 11.6. The maximum atomic E-state index is 12.4. The van der Waals surface area contributed by atoms with Gasteiger partial charge in [-0.25, -0.2) is 9.78 Å². The Hall–Kier alpha value is -1.86. The molecule has 2 aliphatic heterocycles. The Morgan fingerprint density at radius 2 is 1.62 bits per heavy atom. The molecule has 0 radical (unpaired) electrons. The van der Waals surface area contributed by atoms with Crippen molar-refractivity contribution in [3.05, 3.63) is 23.9 Å². The van der Waals surface area contributed by atoms with E-state index >= 15 is 0 Å². The van der Waals surface area contributed by atoms with E-state index < -0.39 is 0 Å². The minimum atomic E-state index is -0.0492. The van der Waals surface area contributed by atoms with Gasteiger partial charge in [-0.05, 0) is 39.3 Å². The normalized spacial score (nSPS) is 29.5. The van der Waals surface area contributed by atoms with E-state index in [1.54, 1.807) is 0 Å². The average Bonchev–Trinajstić information content (AvgIpc) is 2.58. The number of urea groups is 1. The SMILES string of the molecule is CC1CN(C(=O)NCc2ccc(N3CC(C)OC(C)C3)nc2)CC(C)O1. The molecule has 0 bridgehead atoms. The van der Waals surface area contributed by atoms with Gasteiger partial charge in [-0.3, -0.25) is 0 Å². The molecular formula is C19H30N4O3. The van der Waals surface area contributed by atoms with Crippen LogP contribution in [0.5, 0.6) is 0 Å². The zero-order chi connectivity index (χ0) is 18.7. The fourth-order valence-electron chi connectivity index (χ4n) is 3.71. The molecule has 3 heterocycles. The largest absolute Gasteiger partial charge is 0.372 e. The molecule has 2 saturated heterocycles. The first-order valence-electron chi connectivity index (χ1n) is 9.44. The number of pyridine rings is 1. The molecule has 0 aliphatic carbocycles. The number of hydrogen-bond donors (Lipinski definition) is 1. The van der Waals surface area contributed by atoms with Crippen molar-refractivity contribution in [2.24, 2.45) is 0 Å². The van der Waals surface area contributed by atoms with Gasteiger partial charge in [0.25, 0.3) is 0 Å². The Balaban J connectivity index is 1.52. The number of nitrogens with one attached hydrogen (secondary N) is 1. The topological polar surface area (TPSA) is 66.9 Å². The van der Waals surface area contributed by atoms with Gasteiger partial charge in [0.05, 0.1) is 24.4 Å². The molecule has 0 spiro atoms. The monoisotopic (exact) mass is 362 g/mol. The van der Waals surface area contributed by atoms with Crippen LogP contribution in [0.3, 0.4) is 0 Å². The molecule has 1 aromatic rings. The van der Waals surface area contributed by atoms with Gasteiger partial charge in [0.2, 0.25) is 0 Å². The molecule has 144 valence electrons.